The molecule has 0 saturated carbocycles. The van der Waals surface area contributed by atoms with E-state index in [9.17, 15) is 10.2 Å². The summed E-state index contributed by atoms with van der Waals surface area (Å²) in [7, 11) is 0. The van der Waals surface area contributed by atoms with Crippen LogP contribution < -0.4 is 0 Å². The van der Waals surface area contributed by atoms with E-state index in [0.717, 1.165) is 5.56 Å². The van der Waals surface area contributed by atoms with Crippen molar-refractivity contribution in [2.24, 2.45) is 0 Å². The van der Waals surface area contributed by atoms with Gasteiger partial charge in [0.15, 0.2) is 11.5 Å². The van der Waals surface area contributed by atoms with Crippen LogP contribution in [0.15, 0.2) is 39.5 Å². The van der Waals surface area contributed by atoms with Crippen molar-refractivity contribution in [3.63, 3.8) is 0 Å². The van der Waals surface area contributed by atoms with Gasteiger partial charge >= 0.3 is 0 Å². The Kier molecular flexibility index (Phi) is 2.49. The molecule has 6 nitrogen and oxygen atoms in total. The molecule has 2 N–H and O–H groups in total. The van der Waals surface area contributed by atoms with Gasteiger partial charge in [-0.3, -0.25) is 0 Å². The average Bonchev–Trinajstić information content (AvgIpc) is 3.01. The van der Waals surface area contributed by atoms with E-state index in [1.165, 1.54) is 12.3 Å². The van der Waals surface area contributed by atoms with Gasteiger partial charge in [0.1, 0.15) is 5.76 Å². The lowest BCUT2D eigenvalue weighted by Gasteiger charge is -2.00. The monoisotopic (exact) mass is 258 g/mol. The lowest BCUT2D eigenvalue weighted by molar-refractivity contribution is 0.397. The minimum atomic E-state index is -0.290. The van der Waals surface area contributed by atoms with E-state index >= 15 is 0 Å². The van der Waals surface area contributed by atoms with Gasteiger partial charge in [-0.2, -0.15) is 4.98 Å². The third-order valence-electron chi connectivity index (χ3n) is 2.77. The Morgan fingerprint density at radius 3 is 2.68 bits per heavy atom. The second kappa shape index (κ2) is 4.16. The van der Waals surface area contributed by atoms with Crippen molar-refractivity contribution >= 4 is 0 Å². The number of phenolic OH excluding ortho intramolecular Hbond substituents is 2. The van der Waals surface area contributed by atoms with E-state index in [0.29, 0.717) is 11.6 Å². The Morgan fingerprint density at radius 1 is 1.11 bits per heavy atom. The molecule has 0 spiro atoms. The SMILES string of the molecule is Cc1occc1-c1noc(-c2cccc(O)c2O)n1. The van der Waals surface area contributed by atoms with E-state index in [4.69, 9.17) is 8.94 Å². The van der Waals surface area contributed by atoms with Crippen molar-refractivity contribution in [2.75, 3.05) is 0 Å². The lowest BCUT2D eigenvalue weighted by Crippen LogP contribution is -1.82. The maximum atomic E-state index is 9.75. The number of nitrogens with zero attached hydrogens (tertiary/aromatic N) is 2. The van der Waals surface area contributed by atoms with Crippen molar-refractivity contribution in [1.29, 1.82) is 0 Å². The molecule has 3 aromatic rings. The highest BCUT2D eigenvalue weighted by molar-refractivity contribution is 5.68. The van der Waals surface area contributed by atoms with Gasteiger partial charge in [0.2, 0.25) is 5.82 Å². The maximum absolute atomic E-state index is 9.75. The first-order chi connectivity index (χ1) is 9.16. The second-order valence-corrected chi connectivity index (χ2v) is 3.99. The number of phenols is 2. The van der Waals surface area contributed by atoms with Crippen molar-refractivity contribution in [3.05, 3.63) is 36.3 Å². The fourth-order valence-electron chi connectivity index (χ4n) is 1.76. The Labute approximate surface area is 107 Å². The highest BCUT2D eigenvalue weighted by Crippen LogP contribution is 2.36. The predicted molar refractivity (Wildman–Crippen MR) is 65.5 cm³/mol. The number of aryl methyl sites for hydroxylation is 1. The first kappa shape index (κ1) is 11.3. The first-order valence-corrected chi connectivity index (χ1v) is 5.56. The molecule has 2 aromatic heterocycles. The Bertz CT molecular complexity index is 730. The molecule has 0 aliphatic rings. The third-order valence-corrected chi connectivity index (χ3v) is 2.77. The molecule has 0 unspecified atom stereocenters. The average molecular weight is 258 g/mol. The highest BCUT2D eigenvalue weighted by atomic mass is 16.5. The van der Waals surface area contributed by atoms with Crippen LogP contribution in [-0.4, -0.2) is 20.4 Å². The van der Waals surface area contributed by atoms with Crippen LogP contribution in [0.4, 0.5) is 0 Å². The Balaban J connectivity index is 2.07. The van der Waals surface area contributed by atoms with E-state index in [2.05, 4.69) is 10.1 Å². The minimum absolute atomic E-state index is 0.129. The minimum Gasteiger partial charge on any atom is -0.504 e. The number of rotatable bonds is 2. The number of benzene rings is 1. The summed E-state index contributed by atoms with van der Waals surface area (Å²) < 4.78 is 10.3. The normalized spacial score (nSPS) is 10.8. The van der Waals surface area contributed by atoms with Gasteiger partial charge in [0, 0.05) is 0 Å². The largest absolute Gasteiger partial charge is 0.504 e. The fraction of sp³-hybridized carbons (Fsp3) is 0.0769. The highest BCUT2D eigenvalue weighted by Gasteiger charge is 2.17. The molecular formula is C13H10N2O4. The van der Waals surface area contributed by atoms with Gasteiger partial charge in [-0.1, -0.05) is 11.2 Å². The van der Waals surface area contributed by atoms with Crippen LogP contribution in [0.5, 0.6) is 11.5 Å². The second-order valence-electron chi connectivity index (χ2n) is 3.99. The molecule has 6 heteroatoms. The Morgan fingerprint density at radius 2 is 1.95 bits per heavy atom. The molecule has 96 valence electrons. The number of hydrogen-bond donors (Lipinski definition) is 2. The summed E-state index contributed by atoms with van der Waals surface area (Å²) >= 11 is 0. The molecule has 1 aromatic carbocycles. The summed E-state index contributed by atoms with van der Waals surface area (Å²) in [5.74, 6) is 0.638. The molecule has 19 heavy (non-hydrogen) atoms. The molecule has 0 bridgehead atoms. The maximum Gasteiger partial charge on any atom is 0.262 e. The first-order valence-electron chi connectivity index (χ1n) is 5.56. The zero-order chi connectivity index (χ0) is 13.4. The molecular weight excluding hydrogens is 248 g/mol. The van der Waals surface area contributed by atoms with Crippen LogP contribution in [0.3, 0.4) is 0 Å². The van der Waals surface area contributed by atoms with Crippen LogP contribution in [0.2, 0.25) is 0 Å². The molecule has 2 heterocycles. The number of furan rings is 1. The molecule has 3 rings (SSSR count). The van der Waals surface area contributed by atoms with Crippen molar-refractivity contribution in [1.82, 2.24) is 10.1 Å². The molecule has 0 aliphatic carbocycles. The molecule has 0 amide bonds. The fourth-order valence-corrected chi connectivity index (χ4v) is 1.76. The van der Waals surface area contributed by atoms with Gasteiger partial charge in [-0.05, 0) is 25.1 Å². The summed E-state index contributed by atoms with van der Waals surface area (Å²) in [6.07, 6.45) is 1.53. The predicted octanol–water partition coefficient (Wildman–Crippen LogP) is 2.72. The van der Waals surface area contributed by atoms with E-state index in [1.807, 2.05) is 0 Å². The molecule has 0 radical (unpaired) electrons. The molecule has 0 aliphatic heterocycles. The van der Waals surface area contributed by atoms with Crippen LogP contribution in [0.25, 0.3) is 22.8 Å². The van der Waals surface area contributed by atoms with Gasteiger partial charge in [0.25, 0.3) is 5.89 Å². The van der Waals surface area contributed by atoms with E-state index in [-0.39, 0.29) is 23.0 Å². The number of para-hydroxylation sites is 1. The third kappa shape index (κ3) is 1.83. The smallest absolute Gasteiger partial charge is 0.262 e. The van der Waals surface area contributed by atoms with Crippen molar-refractivity contribution in [2.45, 2.75) is 6.92 Å². The van der Waals surface area contributed by atoms with Crippen LogP contribution in [0.1, 0.15) is 5.76 Å². The standard InChI is InChI=1S/C13H10N2O4/c1-7-8(5-6-18-7)12-14-13(19-15-12)9-3-2-4-10(16)11(9)17/h2-6,16-17H,1H3. The summed E-state index contributed by atoms with van der Waals surface area (Å²) in [6, 6.07) is 6.26. The van der Waals surface area contributed by atoms with Crippen LogP contribution in [-0.2, 0) is 0 Å². The molecule has 0 saturated heterocycles. The summed E-state index contributed by atoms with van der Waals surface area (Å²) in [6.45, 7) is 1.79. The molecule has 0 atom stereocenters. The zero-order valence-electron chi connectivity index (χ0n) is 9.99. The summed E-state index contributed by atoms with van der Waals surface area (Å²) in [5, 5.41) is 23.0. The lowest BCUT2D eigenvalue weighted by atomic mass is 10.2. The topological polar surface area (TPSA) is 92.5 Å². The van der Waals surface area contributed by atoms with Crippen LogP contribution >= 0.6 is 0 Å². The Hall–Kier alpha value is -2.76. The van der Waals surface area contributed by atoms with Gasteiger partial charge < -0.3 is 19.2 Å². The van der Waals surface area contributed by atoms with Gasteiger partial charge in [0.05, 0.1) is 17.4 Å². The number of aromatic hydroxyl groups is 2. The quantitative estimate of drug-likeness (QED) is 0.686. The van der Waals surface area contributed by atoms with Gasteiger partial charge in [-0.15, -0.1) is 0 Å². The number of hydrogen-bond acceptors (Lipinski definition) is 6. The molecule has 0 fully saturated rings. The summed E-state index contributed by atoms with van der Waals surface area (Å²) in [5.41, 5.74) is 0.995. The zero-order valence-corrected chi connectivity index (χ0v) is 9.99. The van der Waals surface area contributed by atoms with Gasteiger partial charge in [-0.25, -0.2) is 0 Å². The summed E-state index contributed by atoms with van der Waals surface area (Å²) in [4.78, 5) is 4.18. The van der Waals surface area contributed by atoms with E-state index < -0.39 is 0 Å². The van der Waals surface area contributed by atoms with E-state index in [1.54, 1.807) is 25.1 Å². The van der Waals surface area contributed by atoms with Crippen molar-refractivity contribution in [3.8, 4) is 34.3 Å². The van der Waals surface area contributed by atoms with Crippen molar-refractivity contribution < 1.29 is 19.2 Å². The van der Waals surface area contributed by atoms with Crippen LogP contribution in [0, 0.1) is 6.92 Å². The number of aromatic nitrogens is 2.